The Morgan fingerprint density at radius 1 is 0.271 bits per heavy atom. The summed E-state index contributed by atoms with van der Waals surface area (Å²) in [4.78, 5) is 0. The molecular weight excluding hydrogens is 713 g/mol. The number of rotatable bonds is 9. The van der Waals surface area contributed by atoms with Crippen LogP contribution in [0.5, 0.6) is 0 Å². The molecule has 2 N–H and O–H groups in total. The van der Waals surface area contributed by atoms with Gasteiger partial charge in [0.05, 0.1) is 0 Å². The summed E-state index contributed by atoms with van der Waals surface area (Å²) in [5.74, 6) is 0. The summed E-state index contributed by atoms with van der Waals surface area (Å²) in [7, 11) is 0. The summed E-state index contributed by atoms with van der Waals surface area (Å²) in [5.41, 5.74) is 21.3. The highest BCUT2D eigenvalue weighted by Crippen LogP contribution is 2.50. The molecule has 0 saturated heterocycles. The average molecular weight is 757 g/mol. The van der Waals surface area contributed by atoms with E-state index < -0.39 is 0 Å². The van der Waals surface area contributed by atoms with Crippen molar-refractivity contribution in [2.75, 3.05) is 10.6 Å². The summed E-state index contributed by atoms with van der Waals surface area (Å²) >= 11 is 0. The van der Waals surface area contributed by atoms with Crippen LogP contribution in [0.25, 0.3) is 66.8 Å². The predicted octanol–water partition coefficient (Wildman–Crippen LogP) is 15.8. The first-order chi connectivity index (χ1) is 29.0. The molecule has 0 aliphatic heterocycles. The quantitative estimate of drug-likeness (QED) is 0.153. The van der Waals surface area contributed by atoms with E-state index in [1.165, 1.54) is 50.1 Å². The minimum absolute atomic E-state index is 0.0541. The van der Waals surface area contributed by atoms with Crippen LogP contribution < -0.4 is 10.6 Å². The summed E-state index contributed by atoms with van der Waals surface area (Å²) < 4.78 is 0. The van der Waals surface area contributed by atoms with Gasteiger partial charge in [-0.3, -0.25) is 0 Å². The molecule has 10 rings (SSSR count). The van der Waals surface area contributed by atoms with E-state index in [9.17, 15) is 0 Å². The van der Waals surface area contributed by atoms with Gasteiger partial charge in [-0.15, -0.1) is 0 Å². The fraction of sp³-hybridized carbons (Fsp3) is 0.0526. The van der Waals surface area contributed by atoms with Crippen molar-refractivity contribution in [1.82, 2.24) is 0 Å². The Kier molecular flexibility index (Phi) is 9.24. The van der Waals surface area contributed by atoms with Crippen LogP contribution >= 0.6 is 0 Å². The number of benzene rings is 9. The molecule has 0 radical (unpaired) electrons. The molecule has 0 bridgehead atoms. The van der Waals surface area contributed by atoms with Crippen LogP contribution in [0, 0.1) is 0 Å². The third kappa shape index (κ3) is 7.00. The highest BCUT2D eigenvalue weighted by molar-refractivity contribution is 5.92. The van der Waals surface area contributed by atoms with Crippen molar-refractivity contribution < 1.29 is 0 Å². The molecule has 1 aliphatic rings. The second-order valence-electron chi connectivity index (χ2n) is 16.0. The normalized spacial score (nSPS) is 12.4. The van der Waals surface area contributed by atoms with E-state index in [2.05, 4.69) is 243 Å². The molecule has 2 heteroatoms. The predicted molar refractivity (Wildman–Crippen MR) is 251 cm³/mol. The Morgan fingerprint density at radius 3 is 1.17 bits per heavy atom. The smallest absolute Gasteiger partial charge is 0.0464 e. The van der Waals surface area contributed by atoms with Crippen molar-refractivity contribution in [3.05, 3.63) is 230 Å². The van der Waals surface area contributed by atoms with E-state index in [1.54, 1.807) is 0 Å². The lowest BCUT2D eigenvalue weighted by molar-refractivity contribution is 0.660. The van der Waals surface area contributed by atoms with Gasteiger partial charge < -0.3 is 10.6 Å². The van der Waals surface area contributed by atoms with Crippen LogP contribution in [0.15, 0.2) is 218 Å². The monoisotopic (exact) mass is 756 g/mol. The minimum atomic E-state index is -0.0541. The maximum absolute atomic E-state index is 3.81. The number of nitrogens with one attached hydrogen (secondary N) is 2. The van der Waals surface area contributed by atoms with Crippen molar-refractivity contribution in [2.24, 2.45) is 0 Å². The number of anilines is 4. The zero-order chi connectivity index (χ0) is 39.8. The maximum atomic E-state index is 3.81. The third-order valence-corrected chi connectivity index (χ3v) is 11.9. The highest BCUT2D eigenvalue weighted by Gasteiger charge is 2.35. The first kappa shape index (κ1) is 36.0. The molecule has 59 heavy (non-hydrogen) atoms. The van der Waals surface area contributed by atoms with Crippen molar-refractivity contribution in [2.45, 2.75) is 19.3 Å². The molecule has 0 amide bonds. The van der Waals surface area contributed by atoms with E-state index in [4.69, 9.17) is 0 Å². The maximum Gasteiger partial charge on any atom is 0.0464 e. The van der Waals surface area contributed by atoms with Crippen molar-refractivity contribution in [3.8, 4) is 66.8 Å². The van der Waals surface area contributed by atoms with Crippen molar-refractivity contribution in [3.63, 3.8) is 0 Å². The van der Waals surface area contributed by atoms with Gasteiger partial charge in [0.1, 0.15) is 0 Å². The molecule has 0 aromatic heterocycles. The van der Waals surface area contributed by atoms with Gasteiger partial charge in [0.25, 0.3) is 0 Å². The Balaban J connectivity index is 1.05. The molecule has 0 fully saturated rings. The molecule has 282 valence electrons. The fourth-order valence-corrected chi connectivity index (χ4v) is 8.71. The zero-order valence-electron chi connectivity index (χ0n) is 33.3. The van der Waals surface area contributed by atoms with Crippen LogP contribution in [0.1, 0.15) is 25.0 Å². The van der Waals surface area contributed by atoms with Gasteiger partial charge in [-0.2, -0.15) is 0 Å². The molecule has 2 nitrogen and oxygen atoms in total. The first-order valence-electron chi connectivity index (χ1n) is 20.4. The lowest BCUT2D eigenvalue weighted by Crippen LogP contribution is -2.14. The Bertz CT molecular complexity index is 2910. The topological polar surface area (TPSA) is 24.1 Å². The van der Waals surface area contributed by atoms with Gasteiger partial charge in [-0.1, -0.05) is 178 Å². The van der Waals surface area contributed by atoms with E-state index >= 15 is 0 Å². The van der Waals surface area contributed by atoms with Crippen molar-refractivity contribution in [1.29, 1.82) is 0 Å². The SMILES string of the molecule is CC1(C)c2ccccc2-c2cc(-c3cc(-c4ccc(Nc5ccc(-c6ccccc6)cc5)c(-c5ccccc5)c4)ccc3Nc3ccc(-c4ccccc4)cc3)ccc21. The van der Waals surface area contributed by atoms with Gasteiger partial charge in [-0.25, -0.2) is 0 Å². The third-order valence-electron chi connectivity index (χ3n) is 11.9. The number of fused-ring (bicyclic) bond motifs is 3. The summed E-state index contributed by atoms with van der Waals surface area (Å²) in [5, 5.41) is 7.55. The van der Waals surface area contributed by atoms with E-state index in [-0.39, 0.29) is 5.41 Å². The van der Waals surface area contributed by atoms with Gasteiger partial charge >= 0.3 is 0 Å². The van der Waals surface area contributed by atoms with Crippen molar-refractivity contribution >= 4 is 22.7 Å². The largest absolute Gasteiger partial charge is 0.355 e. The minimum Gasteiger partial charge on any atom is -0.355 e. The van der Waals surface area contributed by atoms with E-state index in [1.807, 2.05) is 0 Å². The summed E-state index contributed by atoms with van der Waals surface area (Å²) in [6.45, 7) is 4.68. The second-order valence-corrected chi connectivity index (χ2v) is 16.0. The van der Waals surface area contributed by atoms with Crippen LogP contribution in [0.3, 0.4) is 0 Å². The molecule has 0 heterocycles. The molecule has 0 unspecified atom stereocenters. The molecule has 9 aromatic carbocycles. The molecule has 0 saturated carbocycles. The van der Waals surface area contributed by atoms with Gasteiger partial charge in [0.15, 0.2) is 0 Å². The second kappa shape index (κ2) is 15.2. The zero-order valence-corrected chi connectivity index (χ0v) is 33.3. The van der Waals surface area contributed by atoms with Gasteiger partial charge in [0, 0.05) is 39.3 Å². The fourth-order valence-electron chi connectivity index (χ4n) is 8.71. The molecular formula is C57H44N2. The summed E-state index contributed by atoms with van der Waals surface area (Å²) in [6.07, 6.45) is 0. The molecule has 9 aromatic rings. The first-order valence-corrected chi connectivity index (χ1v) is 20.4. The van der Waals surface area contributed by atoms with Gasteiger partial charge in [-0.05, 0) is 121 Å². The molecule has 1 aliphatic carbocycles. The number of hydrogen-bond donors (Lipinski definition) is 2. The Hall–Kier alpha value is -7.42. The Morgan fingerprint density at radius 2 is 0.644 bits per heavy atom. The van der Waals surface area contributed by atoms with Crippen LogP contribution in [-0.4, -0.2) is 0 Å². The molecule has 0 atom stereocenters. The standard InChI is InChI=1S/C57H44N2/c1-57(2)53-21-13-12-20-49(53)52-38-46(26-33-54(52)57)51-37-45(28-35-56(51)59-48-31-24-42(25-32-48)40-16-8-4-9-17-40)44-27-34-55(50(36-44)43-18-10-5-11-19-43)58-47-29-22-41(23-30-47)39-14-6-3-7-15-39/h3-38,58-59H,1-2H3. The van der Waals surface area contributed by atoms with Crippen LogP contribution in [-0.2, 0) is 5.41 Å². The van der Waals surface area contributed by atoms with Crippen LogP contribution in [0.2, 0.25) is 0 Å². The highest BCUT2D eigenvalue weighted by atomic mass is 14.9. The van der Waals surface area contributed by atoms with Gasteiger partial charge in [0.2, 0.25) is 0 Å². The van der Waals surface area contributed by atoms with E-state index in [0.717, 1.165) is 50.6 Å². The lowest BCUT2D eigenvalue weighted by atomic mass is 9.82. The lowest BCUT2D eigenvalue weighted by Gasteiger charge is -2.22. The Labute approximate surface area is 347 Å². The van der Waals surface area contributed by atoms with E-state index in [0.29, 0.717) is 0 Å². The average Bonchev–Trinajstić information content (AvgIpc) is 3.53. The van der Waals surface area contributed by atoms with Crippen LogP contribution in [0.4, 0.5) is 22.7 Å². The number of hydrogen-bond acceptors (Lipinski definition) is 2. The summed E-state index contributed by atoms with van der Waals surface area (Å²) in [6, 6.07) is 78.7. The molecule has 0 spiro atoms.